The van der Waals surface area contributed by atoms with Crippen molar-refractivity contribution in [2.45, 2.75) is 39.2 Å². The fourth-order valence-electron chi connectivity index (χ4n) is 3.32. The standard InChI is InChI=1S/C24H32ClN3O3/c1-24(2,3)31-18-27-11-13-28(14-12-27)22-21(25)16-20(17-26-22)23(29)30-15-7-10-19-8-5-4-6-9-19/h4-6,8-9,16-17H,7,10-15,18H2,1-3H3. The number of rotatable bonds is 8. The lowest BCUT2D eigenvalue weighted by molar-refractivity contribution is -0.0644. The Hall–Kier alpha value is -2.15. The van der Waals surface area contributed by atoms with Crippen LogP contribution >= 0.6 is 11.6 Å². The lowest BCUT2D eigenvalue weighted by Gasteiger charge is -2.36. The molecular weight excluding hydrogens is 414 g/mol. The van der Waals surface area contributed by atoms with E-state index in [4.69, 9.17) is 21.1 Å². The molecule has 7 heteroatoms. The van der Waals surface area contributed by atoms with Gasteiger partial charge in [0.15, 0.2) is 0 Å². The van der Waals surface area contributed by atoms with Gasteiger partial charge in [0.2, 0.25) is 0 Å². The molecule has 168 valence electrons. The van der Waals surface area contributed by atoms with Gasteiger partial charge in [0, 0.05) is 32.4 Å². The number of esters is 1. The first-order valence-corrected chi connectivity index (χ1v) is 11.2. The van der Waals surface area contributed by atoms with E-state index in [9.17, 15) is 4.79 Å². The number of pyridine rings is 1. The van der Waals surface area contributed by atoms with Crippen molar-refractivity contribution in [1.29, 1.82) is 0 Å². The van der Waals surface area contributed by atoms with Gasteiger partial charge in [-0.05, 0) is 45.2 Å². The Morgan fingerprint density at radius 1 is 1.13 bits per heavy atom. The molecule has 0 radical (unpaired) electrons. The first kappa shape index (κ1) is 23.5. The van der Waals surface area contributed by atoms with Crippen molar-refractivity contribution in [1.82, 2.24) is 9.88 Å². The van der Waals surface area contributed by atoms with Gasteiger partial charge in [0.05, 0.1) is 29.5 Å². The van der Waals surface area contributed by atoms with Crippen LogP contribution in [0.25, 0.3) is 0 Å². The molecule has 0 aliphatic carbocycles. The quantitative estimate of drug-likeness (QED) is 0.443. The number of piperazine rings is 1. The van der Waals surface area contributed by atoms with Crippen molar-refractivity contribution in [3.05, 3.63) is 58.7 Å². The summed E-state index contributed by atoms with van der Waals surface area (Å²) in [5, 5.41) is 0.470. The molecule has 6 nitrogen and oxygen atoms in total. The summed E-state index contributed by atoms with van der Waals surface area (Å²) in [4.78, 5) is 21.2. The third kappa shape index (κ3) is 7.49. The van der Waals surface area contributed by atoms with Crippen molar-refractivity contribution in [2.75, 3.05) is 44.4 Å². The number of nitrogens with zero attached hydrogens (tertiary/aromatic N) is 3. The van der Waals surface area contributed by atoms with Crippen LogP contribution < -0.4 is 4.90 Å². The number of benzene rings is 1. The summed E-state index contributed by atoms with van der Waals surface area (Å²) in [6.45, 7) is 10.5. The molecule has 0 bridgehead atoms. The van der Waals surface area contributed by atoms with E-state index in [0.717, 1.165) is 39.0 Å². The maximum atomic E-state index is 12.3. The monoisotopic (exact) mass is 445 g/mol. The van der Waals surface area contributed by atoms with Crippen LogP contribution in [0, 0.1) is 0 Å². The Balaban J connectivity index is 1.45. The number of halogens is 1. The summed E-state index contributed by atoms with van der Waals surface area (Å²) in [5.41, 5.74) is 1.47. The van der Waals surface area contributed by atoms with E-state index in [-0.39, 0.29) is 5.60 Å². The minimum Gasteiger partial charge on any atom is -0.462 e. The number of aromatic nitrogens is 1. The second-order valence-electron chi connectivity index (χ2n) is 8.75. The molecule has 0 unspecified atom stereocenters. The molecule has 1 aromatic heterocycles. The Bertz CT molecular complexity index is 847. The zero-order chi connectivity index (χ0) is 22.3. The number of hydrogen-bond donors (Lipinski definition) is 0. The third-order valence-electron chi connectivity index (χ3n) is 5.10. The number of carbonyl (C=O) groups is 1. The number of hydrogen-bond acceptors (Lipinski definition) is 6. The summed E-state index contributed by atoms with van der Waals surface area (Å²) in [5.74, 6) is 0.317. The fraction of sp³-hybridized carbons (Fsp3) is 0.500. The van der Waals surface area contributed by atoms with Crippen molar-refractivity contribution in [2.24, 2.45) is 0 Å². The van der Waals surface area contributed by atoms with Crippen LogP contribution in [0.3, 0.4) is 0 Å². The Kier molecular flexibility index (Phi) is 8.29. The first-order chi connectivity index (χ1) is 14.8. The van der Waals surface area contributed by atoms with Crippen molar-refractivity contribution >= 4 is 23.4 Å². The number of ether oxygens (including phenoxy) is 2. The fourth-order valence-corrected chi connectivity index (χ4v) is 3.60. The average Bonchev–Trinajstić information content (AvgIpc) is 2.76. The first-order valence-electron chi connectivity index (χ1n) is 10.8. The Morgan fingerprint density at radius 2 is 1.84 bits per heavy atom. The van der Waals surface area contributed by atoms with Gasteiger partial charge in [0.25, 0.3) is 0 Å². The molecule has 0 saturated carbocycles. The van der Waals surface area contributed by atoms with Crippen LogP contribution in [0.2, 0.25) is 5.02 Å². The highest BCUT2D eigenvalue weighted by molar-refractivity contribution is 6.33. The lowest BCUT2D eigenvalue weighted by Crippen LogP contribution is -2.48. The van der Waals surface area contributed by atoms with Gasteiger partial charge >= 0.3 is 5.97 Å². The Labute approximate surface area is 190 Å². The average molecular weight is 446 g/mol. The third-order valence-corrected chi connectivity index (χ3v) is 5.37. The maximum Gasteiger partial charge on any atom is 0.339 e. The van der Waals surface area contributed by atoms with Crippen LogP contribution in [-0.2, 0) is 15.9 Å². The largest absolute Gasteiger partial charge is 0.462 e. The van der Waals surface area contributed by atoms with Gasteiger partial charge in [-0.2, -0.15) is 0 Å². The highest BCUT2D eigenvalue weighted by Gasteiger charge is 2.22. The molecular formula is C24H32ClN3O3. The molecule has 1 aliphatic rings. The molecule has 1 aromatic carbocycles. The normalized spacial score (nSPS) is 15.2. The minimum atomic E-state index is -0.391. The van der Waals surface area contributed by atoms with E-state index in [1.807, 2.05) is 18.2 Å². The maximum absolute atomic E-state index is 12.3. The smallest absolute Gasteiger partial charge is 0.339 e. The van der Waals surface area contributed by atoms with Crippen LogP contribution in [0.15, 0.2) is 42.6 Å². The number of anilines is 1. The highest BCUT2D eigenvalue weighted by Crippen LogP contribution is 2.25. The molecule has 1 fully saturated rings. The van der Waals surface area contributed by atoms with Gasteiger partial charge in [-0.1, -0.05) is 41.9 Å². The summed E-state index contributed by atoms with van der Waals surface area (Å²) >= 11 is 6.46. The second-order valence-corrected chi connectivity index (χ2v) is 9.15. The van der Waals surface area contributed by atoms with E-state index >= 15 is 0 Å². The highest BCUT2D eigenvalue weighted by atomic mass is 35.5. The van der Waals surface area contributed by atoms with E-state index in [1.165, 1.54) is 5.56 Å². The van der Waals surface area contributed by atoms with Crippen LogP contribution in [-0.4, -0.2) is 61.0 Å². The molecule has 3 rings (SSSR count). The molecule has 0 amide bonds. The van der Waals surface area contributed by atoms with Gasteiger partial charge in [-0.15, -0.1) is 0 Å². The SMILES string of the molecule is CC(C)(C)OCN1CCN(c2ncc(C(=O)OCCCc3ccccc3)cc2Cl)CC1. The van der Waals surface area contributed by atoms with Gasteiger partial charge in [-0.25, -0.2) is 9.78 Å². The predicted molar refractivity (Wildman–Crippen MR) is 124 cm³/mol. The topological polar surface area (TPSA) is 54.9 Å². The van der Waals surface area contributed by atoms with E-state index in [2.05, 4.69) is 47.7 Å². The predicted octanol–water partition coefficient (Wildman–Crippen LogP) is 4.42. The molecule has 0 atom stereocenters. The minimum absolute atomic E-state index is 0.145. The van der Waals surface area contributed by atoms with E-state index < -0.39 is 5.97 Å². The lowest BCUT2D eigenvalue weighted by atomic mass is 10.1. The summed E-state index contributed by atoms with van der Waals surface area (Å²) in [6, 6.07) is 11.8. The molecule has 2 aromatic rings. The summed E-state index contributed by atoms with van der Waals surface area (Å²) in [6.07, 6.45) is 3.20. The van der Waals surface area contributed by atoms with Crippen molar-refractivity contribution in [3.8, 4) is 0 Å². The molecule has 31 heavy (non-hydrogen) atoms. The molecule has 0 N–H and O–H groups in total. The van der Waals surface area contributed by atoms with E-state index in [1.54, 1.807) is 12.3 Å². The van der Waals surface area contributed by atoms with Crippen LogP contribution in [0.5, 0.6) is 0 Å². The van der Waals surface area contributed by atoms with Gasteiger partial charge in [-0.3, -0.25) is 4.90 Å². The number of aryl methyl sites for hydroxylation is 1. The zero-order valence-electron chi connectivity index (χ0n) is 18.6. The van der Waals surface area contributed by atoms with Crippen LogP contribution in [0.4, 0.5) is 5.82 Å². The molecule has 1 saturated heterocycles. The zero-order valence-corrected chi connectivity index (χ0v) is 19.4. The van der Waals surface area contributed by atoms with E-state index in [0.29, 0.717) is 29.7 Å². The molecule has 1 aliphatic heterocycles. The summed E-state index contributed by atoms with van der Waals surface area (Å²) in [7, 11) is 0. The van der Waals surface area contributed by atoms with Gasteiger partial charge < -0.3 is 14.4 Å². The number of carbonyl (C=O) groups excluding carboxylic acids is 1. The van der Waals surface area contributed by atoms with Gasteiger partial charge in [0.1, 0.15) is 5.82 Å². The van der Waals surface area contributed by atoms with Crippen molar-refractivity contribution in [3.63, 3.8) is 0 Å². The Morgan fingerprint density at radius 3 is 2.48 bits per heavy atom. The second kappa shape index (κ2) is 10.9. The molecule has 0 spiro atoms. The summed E-state index contributed by atoms with van der Waals surface area (Å²) < 4.78 is 11.2. The molecule has 2 heterocycles. The van der Waals surface area contributed by atoms with Crippen LogP contribution in [0.1, 0.15) is 43.1 Å². The van der Waals surface area contributed by atoms with Crippen molar-refractivity contribution < 1.29 is 14.3 Å².